The van der Waals surface area contributed by atoms with Crippen molar-refractivity contribution in [3.05, 3.63) is 29.8 Å². The molecule has 4 nitrogen and oxygen atoms in total. The van der Waals surface area contributed by atoms with E-state index in [-0.39, 0.29) is 5.91 Å². The third-order valence-electron chi connectivity index (χ3n) is 3.71. The van der Waals surface area contributed by atoms with Crippen LogP contribution in [0, 0.1) is 0 Å². The summed E-state index contributed by atoms with van der Waals surface area (Å²) >= 11 is 0. The van der Waals surface area contributed by atoms with Crippen LogP contribution in [0.3, 0.4) is 0 Å². The lowest BCUT2D eigenvalue weighted by Crippen LogP contribution is -2.53. The second-order valence-corrected chi connectivity index (χ2v) is 5.58. The molecule has 1 rings (SSSR count). The van der Waals surface area contributed by atoms with E-state index in [2.05, 4.69) is 31.3 Å². The van der Waals surface area contributed by atoms with Crippen molar-refractivity contribution in [3.8, 4) is 5.75 Å². The normalized spacial score (nSPS) is 13.7. The van der Waals surface area contributed by atoms with Gasteiger partial charge in [-0.25, -0.2) is 0 Å². The predicted molar refractivity (Wildman–Crippen MR) is 86.4 cm³/mol. The highest BCUT2D eigenvalue weighted by atomic mass is 16.5. The van der Waals surface area contributed by atoms with Crippen LogP contribution < -0.4 is 15.8 Å². The molecular weight excluding hydrogens is 264 g/mol. The number of rotatable bonds is 10. The molecule has 0 bridgehead atoms. The highest BCUT2D eigenvalue weighted by molar-refractivity contribution is 5.84. The van der Waals surface area contributed by atoms with Crippen LogP contribution in [-0.4, -0.2) is 24.6 Å². The van der Waals surface area contributed by atoms with Crippen molar-refractivity contribution < 1.29 is 9.53 Å². The van der Waals surface area contributed by atoms with E-state index in [0.717, 1.165) is 31.6 Å². The summed E-state index contributed by atoms with van der Waals surface area (Å²) in [7, 11) is 0. The van der Waals surface area contributed by atoms with Crippen LogP contribution in [0.4, 0.5) is 0 Å². The maximum atomic E-state index is 11.6. The van der Waals surface area contributed by atoms with Crippen LogP contribution in [0.2, 0.25) is 0 Å². The van der Waals surface area contributed by atoms with Crippen molar-refractivity contribution >= 4 is 5.91 Å². The van der Waals surface area contributed by atoms with Crippen LogP contribution >= 0.6 is 0 Å². The minimum Gasteiger partial charge on any atom is -0.494 e. The van der Waals surface area contributed by atoms with E-state index in [4.69, 9.17) is 10.5 Å². The van der Waals surface area contributed by atoms with Gasteiger partial charge in [0.2, 0.25) is 5.91 Å². The Balaban J connectivity index is 2.42. The van der Waals surface area contributed by atoms with Crippen molar-refractivity contribution in [1.29, 1.82) is 0 Å². The fraction of sp³-hybridized carbons (Fsp3) is 0.588. The van der Waals surface area contributed by atoms with Gasteiger partial charge in [-0.3, -0.25) is 4.79 Å². The number of carbonyl (C=O) groups is 1. The van der Waals surface area contributed by atoms with Crippen molar-refractivity contribution in [2.45, 2.75) is 52.0 Å². The molecule has 4 heteroatoms. The second-order valence-electron chi connectivity index (χ2n) is 5.58. The smallest absolute Gasteiger partial charge is 0.237 e. The Hall–Kier alpha value is -1.55. The lowest BCUT2D eigenvalue weighted by Gasteiger charge is -2.27. The molecule has 0 saturated carbocycles. The average Bonchev–Trinajstić information content (AvgIpc) is 2.49. The number of primary amides is 1. The number of nitrogens with two attached hydrogens (primary N) is 1. The zero-order valence-corrected chi connectivity index (χ0v) is 13.4. The maximum Gasteiger partial charge on any atom is 0.237 e. The Labute approximate surface area is 128 Å². The molecule has 1 aromatic rings. The molecule has 1 aromatic carbocycles. The van der Waals surface area contributed by atoms with Gasteiger partial charge in [-0.2, -0.15) is 0 Å². The largest absolute Gasteiger partial charge is 0.494 e. The number of benzene rings is 1. The topological polar surface area (TPSA) is 64.3 Å². The third kappa shape index (κ3) is 5.76. The minimum absolute atomic E-state index is 0.302. The lowest BCUT2D eigenvalue weighted by molar-refractivity contribution is -0.124. The van der Waals surface area contributed by atoms with Crippen LogP contribution in [-0.2, 0) is 11.2 Å². The zero-order chi connectivity index (χ0) is 15.7. The van der Waals surface area contributed by atoms with E-state index in [9.17, 15) is 4.79 Å². The van der Waals surface area contributed by atoms with Crippen molar-refractivity contribution in [3.63, 3.8) is 0 Å². The average molecular weight is 292 g/mol. The molecule has 0 aromatic heterocycles. The van der Waals surface area contributed by atoms with Crippen LogP contribution in [0.1, 0.15) is 45.6 Å². The number of hydrogen-bond donors (Lipinski definition) is 2. The number of amides is 1. The first kappa shape index (κ1) is 17.5. The van der Waals surface area contributed by atoms with Crippen molar-refractivity contribution in [2.24, 2.45) is 5.73 Å². The number of ether oxygens (including phenoxy) is 1. The Morgan fingerprint density at radius 1 is 1.38 bits per heavy atom. The summed E-state index contributed by atoms with van der Waals surface area (Å²) in [5.74, 6) is 0.584. The van der Waals surface area contributed by atoms with E-state index in [1.54, 1.807) is 0 Å². The summed E-state index contributed by atoms with van der Waals surface area (Å²) in [6.07, 6.45) is 3.43. The molecule has 0 aliphatic rings. The number of hydrogen-bond acceptors (Lipinski definition) is 3. The van der Waals surface area contributed by atoms with Gasteiger partial charge >= 0.3 is 0 Å². The molecule has 0 radical (unpaired) electrons. The first-order valence-corrected chi connectivity index (χ1v) is 7.78. The molecule has 0 aliphatic heterocycles. The van der Waals surface area contributed by atoms with Gasteiger partial charge in [0.05, 0.1) is 12.1 Å². The molecule has 1 amide bonds. The van der Waals surface area contributed by atoms with Gasteiger partial charge in [-0.1, -0.05) is 26.0 Å². The lowest BCUT2D eigenvalue weighted by atomic mass is 9.95. The monoisotopic (exact) mass is 292 g/mol. The Bertz CT molecular complexity index is 448. The summed E-state index contributed by atoms with van der Waals surface area (Å²) in [6.45, 7) is 7.43. The van der Waals surface area contributed by atoms with Gasteiger partial charge in [0.25, 0.3) is 0 Å². The van der Waals surface area contributed by atoms with E-state index in [1.807, 2.05) is 19.1 Å². The van der Waals surface area contributed by atoms with E-state index in [0.29, 0.717) is 13.0 Å². The van der Waals surface area contributed by atoms with Gasteiger partial charge in [0.1, 0.15) is 5.75 Å². The molecule has 3 N–H and O–H groups in total. The van der Waals surface area contributed by atoms with Crippen molar-refractivity contribution in [1.82, 2.24) is 5.32 Å². The molecular formula is C17H28N2O2. The highest BCUT2D eigenvalue weighted by Gasteiger charge is 2.29. The molecule has 0 fully saturated rings. The summed E-state index contributed by atoms with van der Waals surface area (Å²) in [5.41, 5.74) is 6.12. The van der Waals surface area contributed by atoms with Gasteiger partial charge in [-0.05, 0) is 56.8 Å². The van der Waals surface area contributed by atoms with Gasteiger partial charge in [0, 0.05) is 0 Å². The molecule has 0 heterocycles. The Kier molecular flexibility index (Phi) is 7.23. The summed E-state index contributed by atoms with van der Waals surface area (Å²) < 4.78 is 5.75. The predicted octanol–water partition coefficient (Wildman–Crippen LogP) is 2.65. The minimum atomic E-state index is -0.648. The summed E-state index contributed by atoms with van der Waals surface area (Å²) in [5, 5.41) is 3.23. The number of aryl methyl sites for hydroxylation is 1. The summed E-state index contributed by atoms with van der Waals surface area (Å²) in [4.78, 5) is 11.6. The Morgan fingerprint density at radius 2 is 2.14 bits per heavy atom. The second kappa shape index (κ2) is 8.67. The third-order valence-corrected chi connectivity index (χ3v) is 3.71. The molecule has 1 atom stereocenters. The standard InChI is InChI=1S/C17H28N2O2/c1-4-11-19-17(3,16(18)20)10-7-12-21-15-9-6-8-14(5-2)13-15/h6,8-9,13,19H,4-5,7,10-12H2,1-3H3,(H2,18,20). The molecule has 0 saturated heterocycles. The van der Waals surface area contributed by atoms with Crippen LogP contribution in [0.5, 0.6) is 5.75 Å². The highest BCUT2D eigenvalue weighted by Crippen LogP contribution is 2.16. The first-order valence-electron chi connectivity index (χ1n) is 7.78. The van der Waals surface area contributed by atoms with E-state index < -0.39 is 5.54 Å². The first-order chi connectivity index (χ1) is 10.0. The maximum absolute atomic E-state index is 11.6. The van der Waals surface area contributed by atoms with Gasteiger partial charge in [-0.15, -0.1) is 0 Å². The fourth-order valence-electron chi connectivity index (χ4n) is 2.17. The van der Waals surface area contributed by atoms with Crippen molar-refractivity contribution in [2.75, 3.05) is 13.2 Å². The fourth-order valence-corrected chi connectivity index (χ4v) is 2.17. The number of carbonyl (C=O) groups excluding carboxylic acids is 1. The molecule has 0 aliphatic carbocycles. The SMILES string of the molecule is CCCNC(C)(CCCOc1cccc(CC)c1)C(N)=O. The molecule has 118 valence electrons. The van der Waals surface area contributed by atoms with E-state index in [1.165, 1.54) is 5.56 Å². The molecule has 0 spiro atoms. The van der Waals surface area contributed by atoms with Gasteiger partial charge in [0.15, 0.2) is 0 Å². The molecule has 21 heavy (non-hydrogen) atoms. The Morgan fingerprint density at radius 3 is 2.76 bits per heavy atom. The van der Waals surface area contributed by atoms with Crippen LogP contribution in [0.15, 0.2) is 24.3 Å². The number of nitrogens with one attached hydrogen (secondary N) is 1. The van der Waals surface area contributed by atoms with E-state index >= 15 is 0 Å². The quantitative estimate of drug-likeness (QED) is 0.652. The summed E-state index contributed by atoms with van der Waals surface area (Å²) in [6, 6.07) is 8.11. The molecule has 1 unspecified atom stereocenters. The van der Waals surface area contributed by atoms with Crippen LogP contribution in [0.25, 0.3) is 0 Å². The zero-order valence-electron chi connectivity index (χ0n) is 13.4. The van der Waals surface area contributed by atoms with Gasteiger partial charge < -0.3 is 15.8 Å².